The van der Waals surface area contributed by atoms with Crippen molar-refractivity contribution in [2.45, 2.75) is 56.7 Å². The summed E-state index contributed by atoms with van der Waals surface area (Å²) in [6.07, 6.45) is 9.14. The van der Waals surface area contributed by atoms with Crippen molar-refractivity contribution in [1.29, 1.82) is 0 Å². The van der Waals surface area contributed by atoms with Gasteiger partial charge in [0, 0.05) is 30.9 Å². The highest BCUT2D eigenvalue weighted by Gasteiger charge is 2.44. The second kappa shape index (κ2) is 6.60. The zero-order valence-electron chi connectivity index (χ0n) is 18.3. The first kappa shape index (κ1) is 18.7. The monoisotopic (exact) mass is 435 g/mol. The number of hydrogen-bond donors (Lipinski definition) is 2. The summed E-state index contributed by atoms with van der Waals surface area (Å²) in [6.45, 7) is 1.54. The maximum Gasteiger partial charge on any atom is 0.264 e. The molecular formula is C23H29N7O2. The van der Waals surface area contributed by atoms with E-state index < -0.39 is 0 Å². The number of pyridine rings is 1. The Morgan fingerprint density at radius 2 is 1.81 bits per heavy atom. The summed E-state index contributed by atoms with van der Waals surface area (Å²) in [5, 5.41) is 12.6. The Morgan fingerprint density at radius 3 is 2.47 bits per heavy atom. The molecule has 2 aliphatic heterocycles. The maximum atomic E-state index is 13.5. The Kier molecular flexibility index (Phi) is 3.86. The highest BCUT2D eigenvalue weighted by Crippen LogP contribution is 2.52. The van der Waals surface area contributed by atoms with Gasteiger partial charge < -0.3 is 19.9 Å². The van der Waals surface area contributed by atoms with Crippen molar-refractivity contribution < 1.29 is 4.74 Å². The van der Waals surface area contributed by atoms with Gasteiger partial charge in [-0.05, 0) is 50.4 Å². The normalized spacial score (nSPS) is 25.4. The number of morpholine rings is 1. The highest BCUT2D eigenvalue weighted by molar-refractivity contribution is 5.97. The summed E-state index contributed by atoms with van der Waals surface area (Å²) in [5.41, 5.74) is 8.58. The molecule has 32 heavy (non-hydrogen) atoms. The second-order valence-corrected chi connectivity index (χ2v) is 10.1. The van der Waals surface area contributed by atoms with E-state index in [1.165, 1.54) is 25.7 Å². The molecule has 2 atom stereocenters. The fraction of sp³-hybridized carbons (Fsp3) is 0.609. The number of ether oxygens (including phenoxy) is 1. The minimum absolute atomic E-state index is 0.0267. The average Bonchev–Trinajstić information content (AvgIpc) is 3.70. The highest BCUT2D eigenvalue weighted by atomic mass is 16.5. The zero-order chi connectivity index (χ0) is 21.6. The fourth-order valence-electron chi connectivity index (χ4n) is 6.12. The molecule has 0 spiro atoms. The average molecular weight is 436 g/mol. The molecule has 0 aromatic carbocycles. The lowest BCUT2D eigenvalue weighted by molar-refractivity contribution is 0.0898. The molecular weight excluding hydrogens is 406 g/mol. The van der Waals surface area contributed by atoms with E-state index in [0.717, 1.165) is 43.1 Å². The van der Waals surface area contributed by atoms with Gasteiger partial charge in [0.1, 0.15) is 11.2 Å². The third-order valence-corrected chi connectivity index (χ3v) is 7.95. The van der Waals surface area contributed by atoms with Crippen molar-refractivity contribution in [2.24, 2.45) is 18.9 Å². The standard InChI is InChI=1S/C23H29N7O2/c1-28-18(30-14-6-7-15(30)11-32-10-14)8-17(27-28)16-9-29(21(12-2-3-12)13-4-5-13)23(31)19-20(16)25-26-22(19)24/h8-9,12-15,21H,2-7,10-11H2,1H3,(H3,24,25,26). The van der Waals surface area contributed by atoms with Crippen LogP contribution in [0.3, 0.4) is 0 Å². The molecule has 7 rings (SSSR count). The molecule has 2 bridgehead atoms. The van der Waals surface area contributed by atoms with E-state index in [2.05, 4.69) is 21.2 Å². The topological polar surface area (TPSA) is 107 Å². The fourth-order valence-corrected chi connectivity index (χ4v) is 6.12. The Balaban J connectivity index is 1.39. The summed E-state index contributed by atoms with van der Waals surface area (Å²) in [5.74, 6) is 2.58. The summed E-state index contributed by atoms with van der Waals surface area (Å²) < 4.78 is 9.70. The predicted octanol–water partition coefficient (Wildman–Crippen LogP) is 2.44. The predicted molar refractivity (Wildman–Crippen MR) is 122 cm³/mol. The summed E-state index contributed by atoms with van der Waals surface area (Å²) in [6, 6.07) is 3.23. The Labute approximate surface area is 185 Å². The molecule has 2 aliphatic carbocycles. The molecule has 4 aliphatic rings. The van der Waals surface area contributed by atoms with E-state index in [4.69, 9.17) is 15.6 Å². The van der Waals surface area contributed by atoms with Crippen LogP contribution in [0.25, 0.3) is 22.2 Å². The van der Waals surface area contributed by atoms with Crippen LogP contribution in [0.4, 0.5) is 11.6 Å². The van der Waals surface area contributed by atoms with Crippen molar-refractivity contribution in [3.63, 3.8) is 0 Å². The Bertz CT molecular complexity index is 1240. The third kappa shape index (κ3) is 2.69. The molecule has 0 radical (unpaired) electrons. The van der Waals surface area contributed by atoms with Crippen LogP contribution in [0.5, 0.6) is 0 Å². The minimum Gasteiger partial charge on any atom is -0.382 e. The molecule has 4 fully saturated rings. The largest absolute Gasteiger partial charge is 0.382 e. The Hall–Kier alpha value is -2.81. The van der Waals surface area contributed by atoms with Crippen LogP contribution < -0.4 is 16.2 Å². The number of aromatic amines is 1. The number of rotatable bonds is 5. The number of H-pyrrole nitrogens is 1. The lowest BCUT2D eigenvalue weighted by Crippen LogP contribution is -2.46. The van der Waals surface area contributed by atoms with Crippen LogP contribution in [0.15, 0.2) is 17.1 Å². The van der Waals surface area contributed by atoms with Crippen LogP contribution in [0.2, 0.25) is 0 Å². The van der Waals surface area contributed by atoms with Crippen molar-refractivity contribution in [1.82, 2.24) is 24.5 Å². The van der Waals surface area contributed by atoms with Crippen LogP contribution in [0, 0.1) is 11.8 Å². The molecule has 9 heteroatoms. The Morgan fingerprint density at radius 1 is 1.12 bits per heavy atom. The number of fused-ring (bicyclic) bond motifs is 3. The number of nitrogens with one attached hydrogen (secondary N) is 1. The molecule has 3 aromatic rings. The maximum absolute atomic E-state index is 13.5. The number of aryl methyl sites for hydroxylation is 1. The number of nitrogens with two attached hydrogens (primary N) is 1. The van der Waals surface area contributed by atoms with Gasteiger partial charge in [-0.2, -0.15) is 10.2 Å². The van der Waals surface area contributed by atoms with Crippen molar-refractivity contribution in [3.8, 4) is 11.3 Å². The number of anilines is 2. The molecule has 2 saturated heterocycles. The summed E-state index contributed by atoms with van der Waals surface area (Å²) in [7, 11) is 2.00. The lowest BCUT2D eigenvalue weighted by atomic mass is 10.0. The van der Waals surface area contributed by atoms with Crippen molar-refractivity contribution >= 4 is 22.5 Å². The molecule has 2 unspecified atom stereocenters. The number of aromatic nitrogens is 5. The lowest BCUT2D eigenvalue weighted by Gasteiger charge is -2.36. The van der Waals surface area contributed by atoms with Crippen molar-refractivity contribution in [2.75, 3.05) is 23.8 Å². The third-order valence-electron chi connectivity index (χ3n) is 7.95. The molecule has 3 aromatic heterocycles. The molecule has 3 N–H and O–H groups in total. The molecule has 9 nitrogen and oxygen atoms in total. The van der Waals surface area contributed by atoms with Gasteiger partial charge in [0.05, 0.1) is 36.5 Å². The number of hydrogen-bond acceptors (Lipinski definition) is 6. The van der Waals surface area contributed by atoms with Gasteiger partial charge in [0.15, 0.2) is 5.82 Å². The molecule has 168 valence electrons. The molecule has 5 heterocycles. The van der Waals surface area contributed by atoms with E-state index in [9.17, 15) is 4.79 Å². The van der Waals surface area contributed by atoms with E-state index in [-0.39, 0.29) is 17.4 Å². The molecule has 0 amide bonds. The van der Waals surface area contributed by atoms with Gasteiger partial charge in [-0.15, -0.1) is 0 Å². The minimum atomic E-state index is -0.0267. The number of nitrogen functional groups attached to an aromatic ring is 1. The van der Waals surface area contributed by atoms with Crippen molar-refractivity contribution in [3.05, 3.63) is 22.6 Å². The molecule has 2 saturated carbocycles. The van der Waals surface area contributed by atoms with Gasteiger partial charge in [-0.25, -0.2) is 0 Å². The van der Waals surface area contributed by atoms with Crippen LogP contribution in [-0.2, 0) is 11.8 Å². The van der Waals surface area contributed by atoms with E-state index in [1.807, 2.05) is 22.5 Å². The van der Waals surface area contributed by atoms with Gasteiger partial charge in [0.25, 0.3) is 5.56 Å². The van der Waals surface area contributed by atoms with Gasteiger partial charge in [-0.1, -0.05) is 0 Å². The van der Waals surface area contributed by atoms with E-state index >= 15 is 0 Å². The first-order valence-corrected chi connectivity index (χ1v) is 11.9. The smallest absolute Gasteiger partial charge is 0.264 e. The first-order chi connectivity index (χ1) is 15.6. The van der Waals surface area contributed by atoms with Gasteiger partial charge in [0.2, 0.25) is 0 Å². The zero-order valence-corrected chi connectivity index (χ0v) is 18.3. The van der Waals surface area contributed by atoms with Crippen LogP contribution in [0.1, 0.15) is 44.6 Å². The quantitative estimate of drug-likeness (QED) is 0.637. The SMILES string of the molecule is Cn1nc(-c2cn(C(C3CC3)C3CC3)c(=O)c3c(N)n[nH]c23)cc1N1C2CCC1COC2. The van der Waals surface area contributed by atoms with E-state index in [1.54, 1.807) is 0 Å². The second-order valence-electron chi connectivity index (χ2n) is 10.1. The van der Waals surface area contributed by atoms with E-state index in [0.29, 0.717) is 34.8 Å². The van der Waals surface area contributed by atoms with Crippen LogP contribution in [-0.4, -0.2) is 49.8 Å². The summed E-state index contributed by atoms with van der Waals surface area (Å²) >= 11 is 0. The summed E-state index contributed by atoms with van der Waals surface area (Å²) in [4.78, 5) is 16.0. The van der Waals surface area contributed by atoms with Gasteiger partial charge in [-0.3, -0.25) is 14.6 Å². The van der Waals surface area contributed by atoms with Gasteiger partial charge >= 0.3 is 0 Å². The first-order valence-electron chi connectivity index (χ1n) is 11.9. The number of nitrogens with zero attached hydrogens (tertiary/aromatic N) is 5. The van der Waals surface area contributed by atoms with Crippen LogP contribution >= 0.6 is 0 Å².